The number of anilines is 1. The van der Waals surface area contributed by atoms with E-state index in [0.717, 1.165) is 6.07 Å². The molecule has 0 atom stereocenters. The van der Waals surface area contributed by atoms with Gasteiger partial charge < -0.3 is 10.6 Å². The monoisotopic (exact) mass is 408 g/mol. The minimum absolute atomic E-state index is 0.00718. The second-order valence-electron chi connectivity index (χ2n) is 5.74. The van der Waals surface area contributed by atoms with Gasteiger partial charge in [-0.25, -0.2) is 4.68 Å². The quantitative estimate of drug-likeness (QED) is 0.653. The summed E-state index contributed by atoms with van der Waals surface area (Å²) in [6.45, 7) is 0.00718. The molecule has 28 heavy (non-hydrogen) atoms. The van der Waals surface area contributed by atoms with Crippen LogP contribution in [-0.4, -0.2) is 28.1 Å². The Kier molecular flexibility index (Phi) is 5.78. The molecular formula is C18H15F3N4O2S. The number of rotatable bonds is 6. The molecule has 3 aromatic rings. The van der Waals surface area contributed by atoms with Crippen molar-refractivity contribution >= 4 is 28.8 Å². The van der Waals surface area contributed by atoms with Crippen LogP contribution in [-0.2, 0) is 11.0 Å². The largest absolute Gasteiger partial charge is 0.418 e. The van der Waals surface area contributed by atoms with Crippen molar-refractivity contribution in [3.63, 3.8) is 0 Å². The van der Waals surface area contributed by atoms with Crippen LogP contribution in [0.15, 0.2) is 53.5 Å². The maximum absolute atomic E-state index is 13.4. The maximum atomic E-state index is 13.4. The number of nitrogens with one attached hydrogen (secondary N) is 2. The van der Waals surface area contributed by atoms with Gasteiger partial charge in [0, 0.05) is 36.3 Å². The lowest BCUT2D eigenvalue weighted by atomic mass is 10.1. The number of amides is 2. The first kappa shape index (κ1) is 19.6. The van der Waals surface area contributed by atoms with E-state index in [-0.39, 0.29) is 30.2 Å². The van der Waals surface area contributed by atoms with Gasteiger partial charge in [0.2, 0.25) is 5.91 Å². The van der Waals surface area contributed by atoms with E-state index in [1.165, 1.54) is 40.5 Å². The average molecular weight is 408 g/mol. The summed E-state index contributed by atoms with van der Waals surface area (Å²) < 4.78 is 41.5. The third-order valence-corrected chi connectivity index (χ3v) is 4.46. The van der Waals surface area contributed by atoms with Gasteiger partial charge in [0.25, 0.3) is 5.91 Å². The lowest BCUT2D eigenvalue weighted by molar-refractivity contribution is -0.137. The Morgan fingerprint density at radius 3 is 2.68 bits per heavy atom. The highest BCUT2D eigenvalue weighted by molar-refractivity contribution is 7.08. The molecule has 0 saturated heterocycles. The zero-order chi connectivity index (χ0) is 20.1. The van der Waals surface area contributed by atoms with E-state index in [1.54, 1.807) is 22.9 Å². The molecule has 2 heterocycles. The molecule has 0 spiro atoms. The minimum atomic E-state index is -4.65. The summed E-state index contributed by atoms with van der Waals surface area (Å²) >= 11 is 1.36. The molecule has 3 rings (SSSR count). The molecule has 0 unspecified atom stereocenters. The van der Waals surface area contributed by atoms with Crippen LogP contribution >= 0.6 is 11.3 Å². The summed E-state index contributed by atoms with van der Waals surface area (Å²) in [5, 5.41) is 12.1. The van der Waals surface area contributed by atoms with Crippen molar-refractivity contribution in [1.29, 1.82) is 0 Å². The van der Waals surface area contributed by atoms with Crippen molar-refractivity contribution in [2.24, 2.45) is 0 Å². The first-order valence-corrected chi connectivity index (χ1v) is 9.10. The number of halogens is 3. The van der Waals surface area contributed by atoms with Crippen LogP contribution in [0.25, 0.3) is 5.69 Å². The number of nitrogens with zero attached hydrogens (tertiary/aromatic N) is 2. The summed E-state index contributed by atoms with van der Waals surface area (Å²) in [5.41, 5.74) is -0.633. The smallest absolute Gasteiger partial charge is 0.351 e. The number of hydrogen-bond donors (Lipinski definition) is 2. The fraction of sp³-hybridized carbons (Fsp3) is 0.167. The molecule has 0 aliphatic carbocycles. The molecule has 2 amide bonds. The van der Waals surface area contributed by atoms with E-state index in [2.05, 4.69) is 15.7 Å². The molecule has 2 N–H and O–H groups in total. The van der Waals surface area contributed by atoms with Gasteiger partial charge in [-0.05, 0) is 35.7 Å². The Labute approximate surface area is 162 Å². The Bertz CT molecular complexity index is 954. The normalized spacial score (nSPS) is 11.2. The van der Waals surface area contributed by atoms with Crippen molar-refractivity contribution in [2.75, 3.05) is 11.9 Å². The highest BCUT2D eigenvalue weighted by atomic mass is 32.1. The van der Waals surface area contributed by atoms with Gasteiger partial charge in [0.1, 0.15) is 0 Å². The topological polar surface area (TPSA) is 76.0 Å². The summed E-state index contributed by atoms with van der Waals surface area (Å²) in [4.78, 5) is 23.8. The van der Waals surface area contributed by atoms with Gasteiger partial charge in [-0.1, -0.05) is 0 Å². The second kappa shape index (κ2) is 8.26. The SMILES string of the molecule is O=C(CCNC(=O)c1ccsc1)Nc1ccc(-n2cccn2)cc1C(F)(F)F. The van der Waals surface area contributed by atoms with E-state index in [4.69, 9.17) is 0 Å². The van der Waals surface area contributed by atoms with Gasteiger partial charge >= 0.3 is 6.18 Å². The summed E-state index contributed by atoms with van der Waals surface area (Å²) in [7, 11) is 0. The van der Waals surface area contributed by atoms with E-state index in [1.807, 2.05) is 0 Å². The van der Waals surface area contributed by atoms with Gasteiger partial charge in [0.05, 0.1) is 16.9 Å². The third-order valence-electron chi connectivity index (χ3n) is 3.77. The van der Waals surface area contributed by atoms with Gasteiger partial charge in [-0.15, -0.1) is 0 Å². The first-order valence-electron chi connectivity index (χ1n) is 8.16. The fourth-order valence-electron chi connectivity index (χ4n) is 2.44. The van der Waals surface area contributed by atoms with Crippen LogP contribution in [0.3, 0.4) is 0 Å². The van der Waals surface area contributed by atoms with E-state index < -0.39 is 17.6 Å². The van der Waals surface area contributed by atoms with Crippen molar-refractivity contribution in [3.8, 4) is 5.69 Å². The van der Waals surface area contributed by atoms with Crippen LogP contribution in [0.1, 0.15) is 22.3 Å². The zero-order valence-electron chi connectivity index (χ0n) is 14.4. The molecule has 0 radical (unpaired) electrons. The van der Waals surface area contributed by atoms with Gasteiger partial charge in [-0.2, -0.15) is 29.6 Å². The van der Waals surface area contributed by atoms with Gasteiger partial charge in [-0.3, -0.25) is 9.59 Å². The molecule has 0 saturated carbocycles. The summed E-state index contributed by atoms with van der Waals surface area (Å²) in [5.74, 6) is -0.975. The number of carbonyl (C=O) groups excluding carboxylic acids is 2. The number of alkyl halides is 3. The predicted molar refractivity (Wildman–Crippen MR) is 98.5 cm³/mol. The van der Waals surface area contributed by atoms with Crippen molar-refractivity contribution < 1.29 is 22.8 Å². The maximum Gasteiger partial charge on any atom is 0.418 e. The first-order chi connectivity index (χ1) is 13.3. The summed E-state index contributed by atoms with van der Waals surface area (Å²) in [6, 6.07) is 6.75. The number of aromatic nitrogens is 2. The molecule has 2 aromatic heterocycles. The molecule has 0 aliphatic rings. The molecule has 0 fully saturated rings. The lowest BCUT2D eigenvalue weighted by Gasteiger charge is -2.15. The third kappa shape index (κ3) is 4.77. The van der Waals surface area contributed by atoms with Crippen LogP contribution in [0, 0.1) is 0 Å². The van der Waals surface area contributed by atoms with Crippen molar-refractivity contribution in [2.45, 2.75) is 12.6 Å². The van der Waals surface area contributed by atoms with Crippen molar-refractivity contribution in [3.05, 3.63) is 64.6 Å². The van der Waals surface area contributed by atoms with Crippen LogP contribution in [0.4, 0.5) is 18.9 Å². The minimum Gasteiger partial charge on any atom is -0.351 e. The Morgan fingerprint density at radius 2 is 2.04 bits per heavy atom. The molecule has 1 aromatic carbocycles. The summed E-state index contributed by atoms with van der Waals surface area (Å²) in [6.07, 6.45) is -1.84. The average Bonchev–Trinajstić information content (AvgIpc) is 3.35. The molecule has 10 heteroatoms. The molecule has 0 aliphatic heterocycles. The Hall–Kier alpha value is -3.14. The van der Waals surface area contributed by atoms with E-state index in [9.17, 15) is 22.8 Å². The van der Waals surface area contributed by atoms with E-state index >= 15 is 0 Å². The number of benzene rings is 1. The number of hydrogen-bond acceptors (Lipinski definition) is 4. The van der Waals surface area contributed by atoms with Crippen LogP contribution < -0.4 is 10.6 Å². The highest BCUT2D eigenvalue weighted by Crippen LogP contribution is 2.36. The zero-order valence-corrected chi connectivity index (χ0v) is 15.2. The van der Waals surface area contributed by atoms with Gasteiger partial charge in [0.15, 0.2) is 0 Å². The van der Waals surface area contributed by atoms with Crippen LogP contribution in [0.5, 0.6) is 0 Å². The standard InChI is InChI=1S/C18H15F3N4O2S/c19-18(20,21)14-10-13(25-8-1-6-23-25)2-3-15(14)24-16(26)4-7-22-17(27)12-5-9-28-11-12/h1-3,5-6,8-11H,4,7H2,(H,22,27)(H,24,26). The van der Waals surface area contributed by atoms with Crippen LogP contribution in [0.2, 0.25) is 0 Å². The Morgan fingerprint density at radius 1 is 1.21 bits per heavy atom. The predicted octanol–water partition coefficient (Wildman–Crippen LogP) is 3.71. The molecule has 146 valence electrons. The fourth-order valence-corrected chi connectivity index (χ4v) is 3.07. The Balaban J connectivity index is 1.65. The molecule has 0 bridgehead atoms. The number of thiophene rings is 1. The lowest BCUT2D eigenvalue weighted by Crippen LogP contribution is -2.27. The highest BCUT2D eigenvalue weighted by Gasteiger charge is 2.34. The van der Waals surface area contributed by atoms with Crippen molar-refractivity contribution in [1.82, 2.24) is 15.1 Å². The van der Waals surface area contributed by atoms with E-state index in [0.29, 0.717) is 5.56 Å². The molecule has 6 nitrogen and oxygen atoms in total. The second-order valence-corrected chi connectivity index (χ2v) is 6.52. The number of carbonyl (C=O) groups is 2. The molecular weight excluding hydrogens is 393 g/mol.